The molecule has 3 aromatic heterocycles. The fraction of sp³-hybridized carbons (Fsp3) is 0.280. The van der Waals surface area contributed by atoms with Gasteiger partial charge in [-0.2, -0.15) is 0 Å². The molecule has 0 saturated heterocycles. The van der Waals surface area contributed by atoms with Crippen LogP contribution in [0.15, 0.2) is 114 Å². The Morgan fingerprint density at radius 1 is 0.750 bits per heavy atom. The number of hydrogen-bond acceptors (Lipinski definition) is 3. The van der Waals surface area contributed by atoms with Crippen molar-refractivity contribution in [3.05, 3.63) is 144 Å². The Balaban J connectivity index is 0.000000190. The van der Waals surface area contributed by atoms with Crippen molar-refractivity contribution in [2.45, 2.75) is 86.9 Å². The van der Waals surface area contributed by atoms with Crippen LogP contribution in [0.3, 0.4) is 0 Å². The fourth-order valence-electron chi connectivity index (χ4n) is 7.55. The number of fused-ring (bicyclic) bond motifs is 4. The third-order valence-electron chi connectivity index (χ3n) is 10.2. The van der Waals surface area contributed by atoms with Gasteiger partial charge in [-0.05, 0) is 71.3 Å². The molecule has 5 aromatic carbocycles. The Kier molecular flexibility index (Phi) is 11.5. The Morgan fingerprint density at radius 3 is 2.12 bits per heavy atom. The van der Waals surface area contributed by atoms with Gasteiger partial charge in [-0.15, -0.1) is 53.6 Å². The molecule has 1 radical (unpaired) electrons. The summed E-state index contributed by atoms with van der Waals surface area (Å²) in [6, 6.07) is 42.4. The standard InChI is InChI=1S/C27H19N2O.C23H34NSi.Ir/c1-17-9-7-10-18(2)25(17)29-23-15-5-4-14-22(23)28-27(29)21-13-8-12-20-19-11-3-6-16-24(19)30-26(20)21;1-22(2,3)15-18-14-20(24-16-21(18)25(7,8)9)17-11-10-12-19(13-17)23(4,5)6;/h3-12,14-16H,1-2H3;10,12-14,16H,15H2,1-9H3;/q2*-1;. The Morgan fingerprint density at radius 2 is 1.43 bits per heavy atom. The normalized spacial score (nSPS) is 12.1. The van der Waals surface area contributed by atoms with Crippen LogP contribution in [0.5, 0.6) is 0 Å². The average molecular weight is 932 g/mol. The number of aromatic nitrogens is 3. The van der Waals surface area contributed by atoms with Crippen molar-refractivity contribution in [2.24, 2.45) is 5.41 Å². The quantitative estimate of drug-likeness (QED) is 0.128. The zero-order valence-corrected chi connectivity index (χ0v) is 38.1. The molecule has 6 heteroatoms. The molecule has 0 unspecified atom stereocenters. The zero-order chi connectivity index (χ0) is 39.3. The minimum absolute atomic E-state index is 0. The Bertz CT molecular complexity index is 2640. The molecule has 3 heterocycles. The van der Waals surface area contributed by atoms with Gasteiger partial charge in [0.2, 0.25) is 0 Å². The van der Waals surface area contributed by atoms with E-state index in [1.165, 1.54) is 27.4 Å². The van der Waals surface area contributed by atoms with Crippen molar-refractivity contribution in [1.29, 1.82) is 0 Å². The van der Waals surface area contributed by atoms with E-state index in [9.17, 15) is 0 Å². The molecule has 0 fully saturated rings. The maximum atomic E-state index is 6.30. The first-order chi connectivity index (χ1) is 26.0. The molecule has 0 bridgehead atoms. The van der Waals surface area contributed by atoms with Crippen LogP contribution < -0.4 is 5.19 Å². The van der Waals surface area contributed by atoms with Crippen LogP contribution in [-0.2, 0) is 31.9 Å². The summed E-state index contributed by atoms with van der Waals surface area (Å²) < 4.78 is 8.55. The molecule has 4 nitrogen and oxygen atoms in total. The van der Waals surface area contributed by atoms with Crippen molar-refractivity contribution < 1.29 is 24.5 Å². The number of aryl methyl sites for hydroxylation is 2. The van der Waals surface area contributed by atoms with E-state index in [0.29, 0.717) is 0 Å². The number of nitrogens with zero attached hydrogens (tertiary/aromatic N) is 3. The average Bonchev–Trinajstić information content (AvgIpc) is 3.69. The Hall–Kier alpha value is -4.61. The van der Waals surface area contributed by atoms with Crippen LogP contribution in [-0.4, -0.2) is 22.6 Å². The number of furan rings is 1. The van der Waals surface area contributed by atoms with Gasteiger partial charge in [-0.25, -0.2) is 0 Å². The Labute approximate surface area is 347 Å². The van der Waals surface area contributed by atoms with Crippen LogP contribution in [0.1, 0.15) is 63.8 Å². The summed E-state index contributed by atoms with van der Waals surface area (Å²) in [5, 5.41) is 3.68. The first-order valence-corrected chi connectivity index (χ1v) is 22.9. The molecule has 0 spiro atoms. The largest absolute Gasteiger partial charge is 0.501 e. The monoisotopic (exact) mass is 932 g/mol. The summed E-state index contributed by atoms with van der Waals surface area (Å²) in [4.78, 5) is 9.87. The maximum absolute atomic E-state index is 6.30. The van der Waals surface area contributed by atoms with Crippen molar-refractivity contribution >= 4 is 46.2 Å². The van der Waals surface area contributed by atoms with Gasteiger partial charge in [-0.1, -0.05) is 132 Å². The van der Waals surface area contributed by atoms with E-state index >= 15 is 0 Å². The van der Waals surface area contributed by atoms with Gasteiger partial charge in [0.25, 0.3) is 0 Å². The second-order valence-electron chi connectivity index (χ2n) is 18.1. The molecule has 0 saturated carbocycles. The number of pyridine rings is 1. The van der Waals surface area contributed by atoms with E-state index in [4.69, 9.17) is 14.4 Å². The van der Waals surface area contributed by atoms with Crippen molar-refractivity contribution in [1.82, 2.24) is 14.5 Å². The molecule has 0 atom stereocenters. The minimum Gasteiger partial charge on any atom is -0.501 e. The summed E-state index contributed by atoms with van der Waals surface area (Å²) >= 11 is 0. The van der Waals surface area contributed by atoms with Gasteiger partial charge in [0, 0.05) is 37.4 Å². The van der Waals surface area contributed by atoms with Crippen molar-refractivity contribution in [3.8, 4) is 28.3 Å². The number of benzene rings is 5. The van der Waals surface area contributed by atoms with E-state index < -0.39 is 8.07 Å². The third kappa shape index (κ3) is 8.39. The molecule has 289 valence electrons. The van der Waals surface area contributed by atoms with Crippen LogP contribution in [0.25, 0.3) is 61.3 Å². The number of imidazole rings is 1. The number of hydrogen-bond donors (Lipinski definition) is 0. The van der Waals surface area contributed by atoms with Gasteiger partial charge < -0.3 is 14.0 Å². The predicted molar refractivity (Wildman–Crippen MR) is 235 cm³/mol. The summed E-state index contributed by atoms with van der Waals surface area (Å²) in [6.45, 7) is 25.2. The fourth-order valence-corrected chi connectivity index (χ4v) is 9.13. The first-order valence-electron chi connectivity index (χ1n) is 19.4. The van der Waals surface area contributed by atoms with Crippen LogP contribution in [0, 0.1) is 31.4 Å². The van der Waals surface area contributed by atoms with E-state index in [0.717, 1.165) is 67.7 Å². The van der Waals surface area contributed by atoms with Crippen LogP contribution in [0.2, 0.25) is 19.6 Å². The number of rotatable bonds is 5. The summed E-state index contributed by atoms with van der Waals surface area (Å²) in [5.74, 6) is 0.846. The molecular weight excluding hydrogens is 879 g/mol. The van der Waals surface area contributed by atoms with Gasteiger partial charge >= 0.3 is 0 Å². The molecule has 0 aliphatic rings. The molecule has 8 aromatic rings. The zero-order valence-electron chi connectivity index (χ0n) is 34.7. The summed E-state index contributed by atoms with van der Waals surface area (Å²) in [5.41, 5.74) is 13.5. The topological polar surface area (TPSA) is 43.9 Å². The van der Waals surface area contributed by atoms with Gasteiger partial charge in [0.15, 0.2) is 0 Å². The molecule has 0 amide bonds. The predicted octanol–water partition coefficient (Wildman–Crippen LogP) is 13.0. The summed E-state index contributed by atoms with van der Waals surface area (Å²) in [6.07, 6.45) is 3.22. The second-order valence-corrected chi connectivity index (χ2v) is 23.2. The maximum Gasteiger partial charge on any atom is 0.120 e. The van der Waals surface area contributed by atoms with Crippen LogP contribution >= 0.6 is 0 Å². The number of para-hydroxylation sites is 4. The van der Waals surface area contributed by atoms with Gasteiger partial charge in [0.1, 0.15) is 5.58 Å². The molecule has 56 heavy (non-hydrogen) atoms. The van der Waals surface area contributed by atoms with Gasteiger partial charge in [0.05, 0.1) is 30.5 Å². The van der Waals surface area contributed by atoms with E-state index in [1.807, 2.05) is 36.4 Å². The second kappa shape index (κ2) is 15.7. The van der Waals surface area contributed by atoms with E-state index in [-0.39, 0.29) is 30.9 Å². The third-order valence-corrected chi connectivity index (χ3v) is 12.3. The first kappa shape index (κ1) is 41.0. The van der Waals surface area contributed by atoms with Crippen molar-refractivity contribution in [2.75, 3.05) is 0 Å². The minimum atomic E-state index is -1.42. The SMILES string of the molecule is CC(C)(C)Cc1cc(-c2[c-]ccc(C(C)(C)C)c2)ncc1[Si](C)(C)C.Cc1cccc(C)c1-n1c(-c2[c-]ccc3c2oc2ccccc23)nc2ccccc21.[Ir]. The smallest absolute Gasteiger partial charge is 0.120 e. The molecule has 0 aliphatic carbocycles. The van der Waals surface area contributed by atoms with E-state index in [1.54, 1.807) is 0 Å². The van der Waals surface area contributed by atoms with Gasteiger partial charge in [-0.3, -0.25) is 4.98 Å². The molecule has 0 N–H and O–H groups in total. The molecule has 0 aliphatic heterocycles. The van der Waals surface area contributed by atoms with Crippen molar-refractivity contribution in [3.63, 3.8) is 0 Å². The summed E-state index contributed by atoms with van der Waals surface area (Å²) in [7, 11) is -1.42. The molecule has 8 rings (SSSR count). The van der Waals surface area contributed by atoms with Crippen LogP contribution in [0.4, 0.5) is 0 Å². The van der Waals surface area contributed by atoms with E-state index in [2.05, 4.69) is 165 Å². The molecular formula is C50H53IrN3OSi-2.